The first-order chi connectivity index (χ1) is 9.78. The maximum atomic E-state index is 5.72. The van der Waals surface area contributed by atoms with Crippen molar-refractivity contribution in [3.8, 4) is 17.0 Å². The SMILES string of the molecule is CCCOc1ccc(-c2nc(N)nc3[nH]ncc23)cc1. The summed E-state index contributed by atoms with van der Waals surface area (Å²) in [4.78, 5) is 8.41. The molecule has 3 aromatic rings. The fourth-order valence-corrected chi connectivity index (χ4v) is 2.00. The Kier molecular flexibility index (Phi) is 3.20. The molecule has 0 fully saturated rings. The lowest BCUT2D eigenvalue weighted by Crippen LogP contribution is -1.98. The van der Waals surface area contributed by atoms with Gasteiger partial charge in [0.2, 0.25) is 5.95 Å². The molecule has 0 amide bonds. The van der Waals surface area contributed by atoms with E-state index in [9.17, 15) is 0 Å². The maximum Gasteiger partial charge on any atom is 0.222 e. The maximum absolute atomic E-state index is 5.72. The van der Waals surface area contributed by atoms with Crippen LogP contribution in [0.2, 0.25) is 0 Å². The number of nitrogens with one attached hydrogen (secondary N) is 1. The van der Waals surface area contributed by atoms with Crippen molar-refractivity contribution in [1.82, 2.24) is 20.2 Å². The lowest BCUT2D eigenvalue weighted by Gasteiger charge is -2.06. The predicted molar refractivity (Wildman–Crippen MR) is 77.3 cm³/mol. The molecular weight excluding hydrogens is 254 g/mol. The van der Waals surface area contributed by atoms with Gasteiger partial charge in [0.25, 0.3) is 0 Å². The Labute approximate surface area is 116 Å². The molecule has 2 heterocycles. The van der Waals surface area contributed by atoms with Gasteiger partial charge in [0, 0.05) is 5.56 Å². The van der Waals surface area contributed by atoms with Crippen molar-refractivity contribution in [2.24, 2.45) is 0 Å². The van der Waals surface area contributed by atoms with Crippen LogP contribution in [-0.4, -0.2) is 26.8 Å². The summed E-state index contributed by atoms with van der Waals surface area (Å²) in [6.45, 7) is 2.79. The molecule has 6 heteroatoms. The zero-order valence-corrected chi connectivity index (χ0v) is 11.1. The molecule has 6 nitrogen and oxygen atoms in total. The molecule has 2 aromatic heterocycles. The Hall–Kier alpha value is -2.63. The van der Waals surface area contributed by atoms with E-state index in [1.54, 1.807) is 6.20 Å². The van der Waals surface area contributed by atoms with Crippen molar-refractivity contribution in [2.75, 3.05) is 12.3 Å². The van der Waals surface area contributed by atoms with Crippen LogP contribution in [0.15, 0.2) is 30.5 Å². The summed E-state index contributed by atoms with van der Waals surface area (Å²) in [7, 11) is 0. The molecular formula is C14H15N5O. The minimum Gasteiger partial charge on any atom is -0.494 e. The van der Waals surface area contributed by atoms with Crippen molar-refractivity contribution in [3.63, 3.8) is 0 Å². The molecule has 3 N–H and O–H groups in total. The molecule has 0 bridgehead atoms. The average Bonchev–Trinajstić information content (AvgIpc) is 2.93. The highest BCUT2D eigenvalue weighted by Crippen LogP contribution is 2.27. The Bertz CT molecular complexity index is 720. The third-order valence-electron chi connectivity index (χ3n) is 2.93. The Morgan fingerprint density at radius 1 is 1.20 bits per heavy atom. The highest BCUT2D eigenvalue weighted by molar-refractivity contribution is 5.90. The first-order valence-corrected chi connectivity index (χ1v) is 6.47. The van der Waals surface area contributed by atoms with Crippen LogP contribution in [0.4, 0.5) is 5.95 Å². The summed E-state index contributed by atoms with van der Waals surface area (Å²) in [6.07, 6.45) is 2.69. The Morgan fingerprint density at radius 3 is 2.75 bits per heavy atom. The summed E-state index contributed by atoms with van der Waals surface area (Å²) in [5.74, 6) is 1.07. The summed E-state index contributed by atoms with van der Waals surface area (Å²) in [5.41, 5.74) is 8.08. The number of anilines is 1. The van der Waals surface area contributed by atoms with Crippen LogP contribution in [0.1, 0.15) is 13.3 Å². The Balaban J connectivity index is 2.00. The van der Waals surface area contributed by atoms with Crippen LogP contribution in [0, 0.1) is 0 Å². The normalized spacial score (nSPS) is 10.8. The minimum absolute atomic E-state index is 0.225. The number of ether oxygens (including phenoxy) is 1. The van der Waals surface area contributed by atoms with Gasteiger partial charge in [-0.3, -0.25) is 5.10 Å². The number of benzene rings is 1. The fraction of sp³-hybridized carbons (Fsp3) is 0.214. The first kappa shape index (κ1) is 12.4. The molecule has 0 saturated heterocycles. The van der Waals surface area contributed by atoms with Crippen LogP contribution in [0.5, 0.6) is 5.75 Å². The van der Waals surface area contributed by atoms with E-state index < -0.39 is 0 Å². The number of hydrogen-bond donors (Lipinski definition) is 2. The monoisotopic (exact) mass is 269 g/mol. The minimum atomic E-state index is 0.225. The van der Waals surface area contributed by atoms with Gasteiger partial charge in [-0.2, -0.15) is 10.1 Å². The molecule has 0 aliphatic heterocycles. The van der Waals surface area contributed by atoms with Gasteiger partial charge in [-0.15, -0.1) is 0 Å². The van der Waals surface area contributed by atoms with Crippen LogP contribution in [-0.2, 0) is 0 Å². The molecule has 102 valence electrons. The van der Waals surface area contributed by atoms with Crippen LogP contribution < -0.4 is 10.5 Å². The standard InChI is InChI=1S/C14H15N5O/c1-2-7-20-10-5-3-9(4-6-10)12-11-8-16-19-13(11)18-14(15)17-12/h3-6,8H,2,7H2,1H3,(H3,15,16,17,18,19). The fourth-order valence-electron chi connectivity index (χ4n) is 2.00. The number of nitrogen functional groups attached to an aromatic ring is 1. The first-order valence-electron chi connectivity index (χ1n) is 6.47. The number of H-pyrrole nitrogens is 1. The molecule has 3 rings (SSSR count). The average molecular weight is 269 g/mol. The second kappa shape index (κ2) is 5.16. The molecule has 1 aromatic carbocycles. The topological polar surface area (TPSA) is 89.7 Å². The van der Waals surface area contributed by atoms with Crippen molar-refractivity contribution in [3.05, 3.63) is 30.5 Å². The quantitative estimate of drug-likeness (QED) is 0.759. The summed E-state index contributed by atoms with van der Waals surface area (Å²) in [5, 5.41) is 7.63. The molecule has 0 radical (unpaired) electrons. The smallest absolute Gasteiger partial charge is 0.222 e. The zero-order valence-electron chi connectivity index (χ0n) is 11.1. The number of fused-ring (bicyclic) bond motifs is 1. The van der Waals surface area contributed by atoms with Gasteiger partial charge in [-0.25, -0.2) is 4.98 Å². The third kappa shape index (κ3) is 2.27. The number of aromatic nitrogens is 4. The molecule has 0 atom stereocenters. The van der Waals surface area contributed by atoms with Gasteiger partial charge >= 0.3 is 0 Å². The van der Waals surface area contributed by atoms with Crippen molar-refractivity contribution < 1.29 is 4.74 Å². The Morgan fingerprint density at radius 2 is 2.00 bits per heavy atom. The third-order valence-corrected chi connectivity index (χ3v) is 2.93. The summed E-state index contributed by atoms with van der Waals surface area (Å²) in [6, 6.07) is 7.77. The predicted octanol–water partition coefficient (Wildman–Crippen LogP) is 2.39. The molecule has 0 aliphatic rings. The van der Waals surface area contributed by atoms with E-state index in [-0.39, 0.29) is 5.95 Å². The summed E-state index contributed by atoms with van der Waals surface area (Å²) < 4.78 is 5.57. The van der Waals surface area contributed by atoms with E-state index >= 15 is 0 Å². The van der Waals surface area contributed by atoms with Crippen molar-refractivity contribution in [1.29, 1.82) is 0 Å². The van der Waals surface area contributed by atoms with Gasteiger partial charge in [0.05, 0.1) is 23.9 Å². The van der Waals surface area contributed by atoms with E-state index in [1.165, 1.54) is 0 Å². The van der Waals surface area contributed by atoms with Gasteiger partial charge in [-0.05, 0) is 30.7 Å². The van der Waals surface area contributed by atoms with E-state index in [1.807, 2.05) is 24.3 Å². The molecule has 20 heavy (non-hydrogen) atoms. The van der Waals surface area contributed by atoms with Crippen LogP contribution in [0.3, 0.4) is 0 Å². The highest BCUT2D eigenvalue weighted by atomic mass is 16.5. The van der Waals surface area contributed by atoms with Crippen LogP contribution in [0.25, 0.3) is 22.3 Å². The highest BCUT2D eigenvalue weighted by Gasteiger charge is 2.10. The van der Waals surface area contributed by atoms with E-state index in [2.05, 4.69) is 27.1 Å². The number of rotatable bonds is 4. The van der Waals surface area contributed by atoms with Gasteiger partial charge in [0.15, 0.2) is 5.65 Å². The van der Waals surface area contributed by atoms with Crippen molar-refractivity contribution in [2.45, 2.75) is 13.3 Å². The number of aromatic amines is 1. The molecule has 0 saturated carbocycles. The summed E-state index contributed by atoms with van der Waals surface area (Å²) >= 11 is 0. The van der Waals surface area contributed by atoms with Gasteiger partial charge < -0.3 is 10.5 Å². The molecule has 0 spiro atoms. The molecule has 0 unspecified atom stereocenters. The van der Waals surface area contributed by atoms with Crippen LogP contribution >= 0.6 is 0 Å². The van der Waals surface area contributed by atoms with Crippen molar-refractivity contribution >= 4 is 17.0 Å². The zero-order chi connectivity index (χ0) is 13.9. The number of nitrogens with zero attached hydrogens (tertiary/aromatic N) is 3. The van der Waals surface area contributed by atoms with E-state index in [0.717, 1.165) is 28.8 Å². The lowest BCUT2D eigenvalue weighted by molar-refractivity contribution is 0.317. The number of hydrogen-bond acceptors (Lipinski definition) is 5. The van der Waals surface area contributed by atoms with Gasteiger partial charge in [0.1, 0.15) is 5.75 Å². The van der Waals surface area contributed by atoms with E-state index in [4.69, 9.17) is 10.5 Å². The van der Waals surface area contributed by atoms with Gasteiger partial charge in [-0.1, -0.05) is 6.92 Å². The molecule has 0 aliphatic carbocycles. The van der Waals surface area contributed by atoms with E-state index in [0.29, 0.717) is 12.3 Å². The second-order valence-corrected chi connectivity index (χ2v) is 4.44. The largest absolute Gasteiger partial charge is 0.494 e. The lowest BCUT2D eigenvalue weighted by atomic mass is 10.1. The number of nitrogens with two attached hydrogens (primary N) is 1. The second-order valence-electron chi connectivity index (χ2n) is 4.44.